The van der Waals surface area contributed by atoms with Crippen molar-refractivity contribution < 1.29 is 4.79 Å². The highest BCUT2D eigenvalue weighted by Gasteiger charge is 2.26. The zero-order valence-electron chi connectivity index (χ0n) is 10.8. The van der Waals surface area contributed by atoms with E-state index in [1.807, 2.05) is 7.05 Å². The van der Waals surface area contributed by atoms with E-state index in [4.69, 9.17) is 5.73 Å². The molecule has 0 aromatic carbocycles. The fourth-order valence-electron chi connectivity index (χ4n) is 2.60. The number of anilines is 1. The molecule has 100 valence electrons. The summed E-state index contributed by atoms with van der Waals surface area (Å²) in [6, 6.07) is 0. The highest BCUT2D eigenvalue weighted by molar-refractivity contribution is 5.87. The Morgan fingerprint density at radius 1 is 1.47 bits per heavy atom. The average Bonchev–Trinajstić information content (AvgIpc) is 2.81. The van der Waals surface area contributed by atoms with Crippen molar-refractivity contribution >= 4 is 22.8 Å². The highest BCUT2D eigenvalue weighted by atomic mass is 16.1. The van der Waals surface area contributed by atoms with Gasteiger partial charge in [0.05, 0.1) is 17.5 Å². The van der Waals surface area contributed by atoms with Crippen molar-refractivity contribution in [1.82, 2.24) is 19.7 Å². The number of hydrogen-bond donors (Lipinski definition) is 1. The molecule has 0 saturated carbocycles. The quantitative estimate of drug-likeness (QED) is 0.825. The van der Waals surface area contributed by atoms with Gasteiger partial charge in [-0.3, -0.25) is 9.48 Å². The first-order valence-electron chi connectivity index (χ1n) is 6.34. The zero-order valence-corrected chi connectivity index (χ0v) is 10.8. The van der Waals surface area contributed by atoms with Crippen molar-refractivity contribution in [2.24, 2.45) is 18.7 Å². The molecule has 1 amide bonds. The van der Waals surface area contributed by atoms with Crippen LogP contribution in [0.1, 0.15) is 12.8 Å². The molecular weight excluding hydrogens is 244 g/mol. The lowest BCUT2D eigenvalue weighted by molar-refractivity contribution is -0.122. The summed E-state index contributed by atoms with van der Waals surface area (Å²) >= 11 is 0. The molecule has 0 aliphatic carbocycles. The molecule has 0 bridgehead atoms. The first kappa shape index (κ1) is 11.9. The van der Waals surface area contributed by atoms with Crippen LogP contribution >= 0.6 is 0 Å². The van der Waals surface area contributed by atoms with Crippen LogP contribution < -0.4 is 10.6 Å². The van der Waals surface area contributed by atoms with Crippen molar-refractivity contribution in [3.8, 4) is 0 Å². The number of hydrogen-bond acceptors (Lipinski definition) is 5. The Hall–Kier alpha value is -2.18. The molecule has 7 heteroatoms. The summed E-state index contributed by atoms with van der Waals surface area (Å²) in [7, 11) is 1.85. The molecule has 1 atom stereocenters. The zero-order chi connectivity index (χ0) is 13.4. The lowest BCUT2D eigenvalue weighted by Crippen LogP contribution is -2.41. The third-order valence-electron chi connectivity index (χ3n) is 3.63. The maximum atomic E-state index is 11.3. The smallest absolute Gasteiger partial charge is 0.222 e. The minimum atomic E-state index is -0.235. The number of rotatable bonds is 2. The Morgan fingerprint density at radius 2 is 2.32 bits per heavy atom. The van der Waals surface area contributed by atoms with Gasteiger partial charge < -0.3 is 10.6 Å². The van der Waals surface area contributed by atoms with E-state index in [2.05, 4.69) is 20.0 Å². The second kappa shape index (κ2) is 4.49. The fourth-order valence-corrected chi connectivity index (χ4v) is 2.60. The largest absolute Gasteiger partial charge is 0.369 e. The van der Waals surface area contributed by atoms with Crippen LogP contribution in [-0.2, 0) is 11.8 Å². The number of nitrogens with two attached hydrogens (primary N) is 1. The summed E-state index contributed by atoms with van der Waals surface area (Å²) in [6.07, 6.45) is 5.10. The van der Waals surface area contributed by atoms with Crippen molar-refractivity contribution in [3.05, 3.63) is 12.5 Å². The number of nitrogens with zero attached hydrogens (tertiary/aromatic N) is 5. The summed E-state index contributed by atoms with van der Waals surface area (Å²) in [5, 5.41) is 5.11. The van der Waals surface area contributed by atoms with Crippen molar-refractivity contribution in [1.29, 1.82) is 0 Å². The molecule has 2 aromatic rings. The van der Waals surface area contributed by atoms with Gasteiger partial charge in [-0.15, -0.1) is 0 Å². The Kier molecular flexibility index (Phi) is 2.81. The first-order valence-corrected chi connectivity index (χ1v) is 6.34. The van der Waals surface area contributed by atoms with Crippen LogP contribution in [0.3, 0.4) is 0 Å². The van der Waals surface area contributed by atoms with Crippen molar-refractivity contribution in [2.75, 3.05) is 18.0 Å². The molecule has 0 spiro atoms. The van der Waals surface area contributed by atoms with Gasteiger partial charge in [0.15, 0.2) is 5.65 Å². The van der Waals surface area contributed by atoms with E-state index in [0.29, 0.717) is 6.54 Å². The van der Waals surface area contributed by atoms with E-state index in [0.717, 1.165) is 36.2 Å². The van der Waals surface area contributed by atoms with E-state index in [-0.39, 0.29) is 11.8 Å². The van der Waals surface area contributed by atoms with Gasteiger partial charge in [0.25, 0.3) is 0 Å². The van der Waals surface area contributed by atoms with E-state index < -0.39 is 0 Å². The molecule has 3 rings (SSSR count). The molecule has 0 unspecified atom stereocenters. The molecule has 19 heavy (non-hydrogen) atoms. The van der Waals surface area contributed by atoms with E-state index in [9.17, 15) is 4.79 Å². The second-order valence-electron chi connectivity index (χ2n) is 4.89. The van der Waals surface area contributed by atoms with Crippen LogP contribution in [0.25, 0.3) is 11.0 Å². The van der Waals surface area contributed by atoms with Gasteiger partial charge in [-0.1, -0.05) is 0 Å². The number of amides is 1. The lowest BCUT2D eigenvalue weighted by Gasteiger charge is -2.32. The molecule has 1 fully saturated rings. The van der Waals surface area contributed by atoms with Crippen molar-refractivity contribution in [3.63, 3.8) is 0 Å². The van der Waals surface area contributed by atoms with Crippen LogP contribution in [0.2, 0.25) is 0 Å². The van der Waals surface area contributed by atoms with Crippen LogP contribution in [0.15, 0.2) is 12.5 Å². The van der Waals surface area contributed by atoms with E-state index >= 15 is 0 Å². The molecule has 1 aliphatic heterocycles. The summed E-state index contributed by atoms with van der Waals surface area (Å²) in [6.45, 7) is 1.50. The molecule has 0 radical (unpaired) electrons. The Bertz CT molecular complexity index is 622. The minimum absolute atomic E-state index is 0.101. The predicted octanol–water partition coefficient (Wildman–Crippen LogP) is 0.0650. The second-order valence-corrected chi connectivity index (χ2v) is 4.89. The van der Waals surface area contributed by atoms with Crippen LogP contribution in [0.5, 0.6) is 0 Å². The number of carbonyl (C=O) groups excluding carboxylic acids is 1. The molecule has 1 aliphatic rings. The Morgan fingerprint density at radius 3 is 3.11 bits per heavy atom. The van der Waals surface area contributed by atoms with E-state index in [1.165, 1.54) is 6.33 Å². The van der Waals surface area contributed by atoms with Gasteiger partial charge in [-0.2, -0.15) is 5.10 Å². The van der Waals surface area contributed by atoms with Crippen molar-refractivity contribution in [2.45, 2.75) is 12.8 Å². The fraction of sp³-hybridized carbons (Fsp3) is 0.500. The highest BCUT2D eigenvalue weighted by Crippen LogP contribution is 2.26. The standard InChI is InChI=1S/C12H16N6O/c1-17-11-9(5-16-17)12(15-7-14-11)18-4-2-3-8(6-18)10(13)19/h5,7-8H,2-4,6H2,1H3,(H2,13,19)/t8-/m0/s1. The van der Waals surface area contributed by atoms with Gasteiger partial charge in [0.2, 0.25) is 5.91 Å². The number of fused-ring (bicyclic) bond motifs is 1. The molecule has 1 saturated heterocycles. The molecule has 2 N–H and O–H groups in total. The number of piperidine rings is 1. The van der Waals surface area contributed by atoms with Crippen LogP contribution in [-0.4, -0.2) is 38.7 Å². The third-order valence-corrected chi connectivity index (χ3v) is 3.63. The maximum absolute atomic E-state index is 11.3. The van der Waals surface area contributed by atoms with E-state index in [1.54, 1.807) is 10.9 Å². The van der Waals surface area contributed by atoms with Gasteiger partial charge >= 0.3 is 0 Å². The number of aryl methyl sites for hydroxylation is 1. The third kappa shape index (κ3) is 2.00. The van der Waals surface area contributed by atoms with Gasteiger partial charge in [-0.25, -0.2) is 9.97 Å². The molecule has 3 heterocycles. The van der Waals surface area contributed by atoms with Gasteiger partial charge in [0, 0.05) is 20.1 Å². The topological polar surface area (TPSA) is 89.9 Å². The minimum Gasteiger partial charge on any atom is -0.369 e. The number of primary amides is 1. The summed E-state index contributed by atoms with van der Waals surface area (Å²) < 4.78 is 1.72. The Labute approximate surface area is 110 Å². The Balaban J connectivity index is 1.97. The predicted molar refractivity (Wildman–Crippen MR) is 70.4 cm³/mol. The summed E-state index contributed by atoms with van der Waals surface area (Å²) in [5.74, 6) is 0.501. The van der Waals surface area contributed by atoms with Crippen LogP contribution in [0, 0.1) is 5.92 Å². The average molecular weight is 260 g/mol. The first-order chi connectivity index (χ1) is 9.16. The molecule has 7 nitrogen and oxygen atoms in total. The molecular formula is C12H16N6O. The maximum Gasteiger partial charge on any atom is 0.222 e. The van der Waals surface area contributed by atoms with Gasteiger partial charge in [-0.05, 0) is 12.8 Å². The summed E-state index contributed by atoms with van der Waals surface area (Å²) in [5.41, 5.74) is 6.21. The normalized spacial score (nSPS) is 19.8. The monoisotopic (exact) mass is 260 g/mol. The summed E-state index contributed by atoms with van der Waals surface area (Å²) in [4.78, 5) is 22.0. The van der Waals surface area contributed by atoms with Gasteiger partial charge in [0.1, 0.15) is 12.1 Å². The number of aromatic nitrogens is 4. The molecule has 2 aromatic heterocycles. The lowest BCUT2D eigenvalue weighted by atomic mass is 9.97. The van der Waals surface area contributed by atoms with Crippen LogP contribution in [0.4, 0.5) is 5.82 Å². The number of carbonyl (C=O) groups is 1. The SMILES string of the molecule is Cn1ncc2c(N3CCC[C@H](C(N)=O)C3)ncnc21.